The van der Waals surface area contributed by atoms with Crippen LogP contribution in [0.2, 0.25) is 0 Å². The molecule has 0 aromatic carbocycles. The third kappa shape index (κ3) is 5.53. The minimum atomic E-state index is 0.540. The molecular formula is C13H27NO. The maximum Gasteiger partial charge on any atom is 0.0576 e. The molecule has 0 bridgehead atoms. The maximum atomic E-state index is 5.89. The number of nitrogens with one attached hydrogen (secondary N) is 1. The summed E-state index contributed by atoms with van der Waals surface area (Å²) in [6.07, 6.45) is 6.82. The summed E-state index contributed by atoms with van der Waals surface area (Å²) < 4.78 is 5.89. The van der Waals surface area contributed by atoms with Gasteiger partial charge in [0.05, 0.1) is 6.10 Å². The van der Waals surface area contributed by atoms with Crippen LogP contribution in [0, 0.1) is 5.92 Å². The molecule has 0 atom stereocenters. The zero-order valence-electron chi connectivity index (χ0n) is 10.6. The summed E-state index contributed by atoms with van der Waals surface area (Å²) in [5.41, 5.74) is 0. The molecule has 0 amide bonds. The minimum absolute atomic E-state index is 0.540. The fourth-order valence-corrected chi connectivity index (χ4v) is 2.19. The Kier molecular flexibility index (Phi) is 6.26. The molecule has 1 aliphatic rings. The third-order valence-corrected chi connectivity index (χ3v) is 3.22. The van der Waals surface area contributed by atoms with E-state index in [2.05, 4.69) is 26.1 Å². The van der Waals surface area contributed by atoms with Gasteiger partial charge in [-0.3, -0.25) is 0 Å². The van der Waals surface area contributed by atoms with Gasteiger partial charge in [0.15, 0.2) is 0 Å². The van der Waals surface area contributed by atoms with Crippen LogP contribution < -0.4 is 5.32 Å². The first kappa shape index (κ1) is 13.0. The fraction of sp³-hybridized carbons (Fsp3) is 1.00. The zero-order chi connectivity index (χ0) is 11.1. The SMILES string of the molecule is CCNC1CCC(OCCC(C)C)CC1. The lowest BCUT2D eigenvalue weighted by atomic mass is 9.93. The Morgan fingerprint density at radius 2 is 1.87 bits per heavy atom. The van der Waals surface area contributed by atoms with Crippen molar-refractivity contribution < 1.29 is 4.74 Å². The average molecular weight is 213 g/mol. The predicted octanol–water partition coefficient (Wildman–Crippen LogP) is 2.97. The van der Waals surface area contributed by atoms with Crippen molar-refractivity contribution in [1.29, 1.82) is 0 Å². The third-order valence-electron chi connectivity index (χ3n) is 3.22. The molecule has 1 saturated carbocycles. The van der Waals surface area contributed by atoms with Gasteiger partial charge < -0.3 is 10.1 Å². The van der Waals surface area contributed by atoms with E-state index in [-0.39, 0.29) is 0 Å². The normalized spacial score (nSPS) is 27.2. The molecule has 2 heteroatoms. The Morgan fingerprint density at radius 1 is 1.20 bits per heavy atom. The van der Waals surface area contributed by atoms with E-state index in [1.165, 1.54) is 32.1 Å². The van der Waals surface area contributed by atoms with E-state index in [0.717, 1.165) is 25.1 Å². The Balaban J connectivity index is 2.04. The minimum Gasteiger partial charge on any atom is -0.378 e. The summed E-state index contributed by atoms with van der Waals surface area (Å²) in [6, 6.07) is 0.750. The Bertz CT molecular complexity index is 151. The van der Waals surface area contributed by atoms with Gasteiger partial charge in [-0.15, -0.1) is 0 Å². The highest BCUT2D eigenvalue weighted by atomic mass is 16.5. The summed E-state index contributed by atoms with van der Waals surface area (Å²) >= 11 is 0. The van der Waals surface area contributed by atoms with Crippen molar-refractivity contribution in [3.8, 4) is 0 Å². The first-order valence-corrected chi connectivity index (χ1v) is 6.57. The number of rotatable bonds is 6. The number of ether oxygens (including phenoxy) is 1. The molecule has 0 heterocycles. The fourth-order valence-electron chi connectivity index (χ4n) is 2.19. The van der Waals surface area contributed by atoms with Crippen LogP contribution in [0.4, 0.5) is 0 Å². The molecule has 1 aliphatic carbocycles. The molecule has 1 N–H and O–H groups in total. The topological polar surface area (TPSA) is 21.3 Å². The van der Waals surface area contributed by atoms with Crippen LogP contribution in [0.1, 0.15) is 52.9 Å². The highest BCUT2D eigenvalue weighted by Crippen LogP contribution is 2.21. The van der Waals surface area contributed by atoms with Gasteiger partial charge in [0.1, 0.15) is 0 Å². The summed E-state index contributed by atoms with van der Waals surface area (Å²) in [7, 11) is 0. The van der Waals surface area contributed by atoms with E-state index >= 15 is 0 Å². The van der Waals surface area contributed by atoms with Gasteiger partial charge >= 0.3 is 0 Å². The van der Waals surface area contributed by atoms with Crippen LogP contribution in [0.3, 0.4) is 0 Å². The Hall–Kier alpha value is -0.0800. The lowest BCUT2D eigenvalue weighted by Crippen LogP contribution is -2.35. The van der Waals surface area contributed by atoms with E-state index in [4.69, 9.17) is 4.74 Å². The molecule has 0 aromatic heterocycles. The molecule has 1 fully saturated rings. The van der Waals surface area contributed by atoms with E-state index in [0.29, 0.717) is 6.10 Å². The second-order valence-corrected chi connectivity index (χ2v) is 5.08. The highest BCUT2D eigenvalue weighted by molar-refractivity contribution is 4.77. The highest BCUT2D eigenvalue weighted by Gasteiger charge is 2.20. The summed E-state index contributed by atoms with van der Waals surface area (Å²) in [6.45, 7) is 8.75. The molecule has 2 nitrogen and oxygen atoms in total. The van der Waals surface area contributed by atoms with E-state index < -0.39 is 0 Å². The van der Waals surface area contributed by atoms with E-state index in [9.17, 15) is 0 Å². The summed E-state index contributed by atoms with van der Waals surface area (Å²) in [4.78, 5) is 0. The Morgan fingerprint density at radius 3 is 2.40 bits per heavy atom. The first-order valence-electron chi connectivity index (χ1n) is 6.57. The standard InChI is InChI=1S/C13H27NO/c1-4-14-12-5-7-13(8-6-12)15-10-9-11(2)3/h11-14H,4-10H2,1-3H3. The van der Waals surface area contributed by atoms with Crippen LogP contribution in [0.5, 0.6) is 0 Å². The second kappa shape index (κ2) is 7.24. The van der Waals surface area contributed by atoms with Crippen molar-refractivity contribution >= 4 is 0 Å². The van der Waals surface area contributed by atoms with E-state index in [1.54, 1.807) is 0 Å². The molecule has 1 rings (SSSR count). The molecule has 0 spiro atoms. The molecule has 15 heavy (non-hydrogen) atoms. The monoisotopic (exact) mass is 213 g/mol. The van der Waals surface area contributed by atoms with Crippen LogP contribution in [0.25, 0.3) is 0 Å². The van der Waals surface area contributed by atoms with Gasteiger partial charge in [-0.25, -0.2) is 0 Å². The van der Waals surface area contributed by atoms with Gasteiger partial charge in [-0.1, -0.05) is 20.8 Å². The van der Waals surface area contributed by atoms with Crippen molar-refractivity contribution in [2.75, 3.05) is 13.2 Å². The zero-order valence-corrected chi connectivity index (χ0v) is 10.6. The molecule has 0 aliphatic heterocycles. The van der Waals surface area contributed by atoms with Crippen LogP contribution >= 0.6 is 0 Å². The lowest BCUT2D eigenvalue weighted by Gasteiger charge is -2.29. The quantitative estimate of drug-likeness (QED) is 0.732. The molecular weight excluding hydrogens is 186 g/mol. The van der Waals surface area contributed by atoms with Crippen LogP contribution in [0.15, 0.2) is 0 Å². The van der Waals surface area contributed by atoms with Crippen molar-refractivity contribution in [2.24, 2.45) is 5.92 Å². The largest absolute Gasteiger partial charge is 0.378 e. The number of hydrogen-bond donors (Lipinski definition) is 1. The van der Waals surface area contributed by atoms with Gasteiger partial charge in [0.25, 0.3) is 0 Å². The van der Waals surface area contributed by atoms with Crippen LogP contribution in [-0.4, -0.2) is 25.3 Å². The average Bonchev–Trinajstić information content (AvgIpc) is 2.20. The predicted molar refractivity (Wildman–Crippen MR) is 65.1 cm³/mol. The van der Waals surface area contributed by atoms with E-state index in [1.807, 2.05) is 0 Å². The van der Waals surface area contributed by atoms with Crippen molar-refractivity contribution in [1.82, 2.24) is 5.32 Å². The maximum absolute atomic E-state index is 5.89. The first-order chi connectivity index (χ1) is 7.22. The molecule has 0 aromatic rings. The molecule has 0 radical (unpaired) electrons. The lowest BCUT2D eigenvalue weighted by molar-refractivity contribution is 0.0175. The van der Waals surface area contributed by atoms with Crippen molar-refractivity contribution in [3.63, 3.8) is 0 Å². The van der Waals surface area contributed by atoms with Gasteiger partial charge in [-0.05, 0) is 44.6 Å². The van der Waals surface area contributed by atoms with Crippen LogP contribution in [-0.2, 0) is 4.74 Å². The van der Waals surface area contributed by atoms with Gasteiger partial charge in [0, 0.05) is 12.6 Å². The second-order valence-electron chi connectivity index (χ2n) is 5.08. The number of hydrogen-bond acceptors (Lipinski definition) is 2. The smallest absolute Gasteiger partial charge is 0.0576 e. The van der Waals surface area contributed by atoms with Gasteiger partial charge in [-0.2, -0.15) is 0 Å². The van der Waals surface area contributed by atoms with Crippen molar-refractivity contribution in [3.05, 3.63) is 0 Å². The summed E-state index contributed by atoms with van der Waals surface area (Å²) in [5, 5.41) is 3.52. The summed E-state index contributed by atoms with van der Waals surface area (Å²) in [5.74, 6) is 0.767. The molecule has 90 valence electrons. The molecule has 0 saturated heterocycles. The Labute approximate surface area is 94.8 Å². The molecule has 0 unspecified atom stereocenters. The van der Waals surface area contributed by atoms with Crippen molar-refractivity contribution in [2.45, 2.75) is 65.0 Å². The van der Waals surface area contributed by atoms with Gasteiger partial charge in [0.2, 0.25) is 0 Å².